The minimum absolute atomic E-state index is 0.0361. The summed E-state index contributed by atoms with van der Waals surface area (Å²) in [5.41, 5.74) is 1.96. The quantitative estimate of drug-likeness (QED) is 0.544. The average molecular weight is 429 g/mol. The fourth-order valence-electron chi connectivity index (χ4n) is 3.28. The smallest absolute Gasteiger partial charge is 0.255 e. The summed E-state index contributed by atoms with van der Waals surface area (Å²) in [6.45, 7) is 3.97. The Kier molecular flexibility index (Phi) is 6.44. The number of benzene rings is 2. The van der Waals surface area contributed by atoms with Gasteiger partial charge in [0.15, 0.2) is 0 Å². The van der Waals surface area contributed by atoms with E-state index in [0.29, 0.717) is 17.3 Å². The van der Waals surface area contributed by atoms with Crippen molar-refractivity contribution in [1.82, 2.24) is 10.0 Å². The summed E-state index contributed by atoms with van der Waals surface area (Å²) in [4.78, 5) is 26.6. The summed E-state index contributed by atoms with van der Waals surface area (Å²) in [6.07, 6.45) is 2.24. The number of nitrogens with one attached hydrogen (secondary N) is 4. The summed E-state index contributed by atoms with van der Waals surface area (Å²) in [6, 6.07) is 13.7. The first-order chi connectivity index (χ1) is 14.1. The molecular weight excluding hydrogens is 404 g/mol. The van der Waals surface area contributed by atoms with Crippen molar-refractivity contribution in [2.24, 2.45) is 0 Å². The molecule has 2 aliphatic heterocycles. The highest BCUT2D eigenvalue weighted by atomic mass is 32.2. The molecule has 29 heavy (non-hydrogen) atoms. The van der Waals surface area contributed by atoms with Crippen LogP contribution in [-0.2, 0) is 4.79 Å². The van der Waals surface area contributed by atoms with Crippen LogP contribution in [0.3, 0.4) is 0 Å². The van der Waals surface area contributed by atoms with E-state index >= 15 is 0 Å². The number of carbonyl (C=O) groups is 2. The standard InChI is InChI=1S/C21H24N4O2S2/c1-13-20(26)24-18-11-14(5-6-19(18)28-13)21(27)23-16-3-2-4-17(12-16)29-25-15-7-9-22-10-8-15/h2-6,11-13,15,22,25H,7-10H2,1H3,(H,23,27)(H,24,26). The van der Waals surface area contributed by atoms with Crippen molar-refractivity contribution in [2.75, 3.05) is 23.7 Å². The van der Waals surface area contributed by atoms with Crippen LogP contribution >= 0.6 is 23.7 Å². The number of thioether (sulfide) groups is 1. The highest BCUT2D eigenvalue weighted by Gasteiger charge is 2.23. The highest BCUT2D eigenvalue weighted by Crippen LogP contribution is 2.36. The lowest BCUT2D eigenvalue weighted by Gasteiger charge is -2.23. The second-order valence-corrected chi connectivity index (χ2v) is 9.48. The molecule has 0 saturated carbocycles. The van der Waals surface area contributed by atoms with E-state index in [2.05, 4.69) is 20.7 Å². The van der Waals surface area contributed by atoms with Crippen molar-refractivity contribution in [3.05, 3.63) is 48.0 Å². The van der Waals surface area contributed by atoms with Crippen molar-refractivity contribution in [3.8, 4) is 0 Å². The largest absolute Gasteiger partial charge is 0.324 e. The second-order valence-electron chi connectivity index (χ2n) is 7.19. The monoisotopic (exact) mass is 428 g/mol. The number of fused-ring (bicyclic) bond motifs is 1. The van der Waals surface area contributed by atoms with Crippen molar-refractivity contribution in [1.29, 1.82) is 0 Å². The molecule has 2 aromatic carbocycles. The number of piperidine rings is 1. The van der Waals surface area contributed by atoms with Gasteiger partial charge >= 0.3 is 0 Å². The molecule has 152 valence electrons. The van der Waals surface area contributed by atoms with Gasteiger partial charge in [-0.05, 0) is 81.2 Å². The molecular formula is C21H24N4O2S2. The zero-order valence-corrected chi connectivity index (χ0v) is 17.8. The molecule has 2 heterocycles. The lowest BCUT2D eigenvalue weighted by Crippen LogP contribution is -2.37. The van der Waals surface area contributed by atoms with Crippen LogP contribution in [0.5, 0.6) is 0 Å². The Morgan fingerprint density at radius 1 is 1.17 bits per heavy atom. The molecule has 0 bridgehead atoms. The maximum absolute atomic E-state index is 12.7. The predicted molar refractivity (Wildman–Crippen MR) is 120 cm³/mol. The summed E-state index contributed by atoms with van der Waals surface area (Å²) in [7, 11) is 0. The van der Waals surface area contributed by atoms with Crippen LogP contribution in [0.4, 0.5) is 11.4 Å². The van der Waals surface area contributed by atoms with Crippen LogP contribution in [-0.4, -0.2) is 36.2 Å². The molecule has 4 N–H and O–H groups in total. The number of hydrogen-bond donors (Lipinski definition) is 4. The first-order valence-corrected chi connectivity index (χ1v) is 11.4. The molecule has 6 nitrogen and oxygen atoms in total. The Bertz CT molecular complexity index is 915. The Hall–Kier alpha value is -2.00. The minimum atomic E-state index is -0.195. The first-order valence-electron chi connectivity index (χ1n) is 9.74. The Morgan fingerprint density at radius 3 is 2.83 bits per heavy atom. The summed E-state index contributed by atoms with van der Waals surface area (Å²) in [5.74, 6) is -0.231. The third-order valence-electron chi connectivity index (χ3n) is 4.95. The molecule has 8 heteroatoms. The van der Waals surface area contributed by atoms with E-state index in [1.54, 1.807) is 24.1 Å². The van der Waals surface area contributed by atoms with E-state index in [1.807, 2.05) is 37.3 Å². The number of carbonyl (C=O) groups excluding carboxylic acids is 2. The van der Waals surface area contributed by atoms with Gasteiger partial charge < -0.3 is 16.0 Å². The maximum atomic E-state index is 12.7. The van der Waals surface area contributed by atoms with E-state index in [9.17, 15) is 9.59 Å². The zero-order chi connectivity index (χ0) is 20.2. The molecule has 2 amide bonds. The van der Waals surface area contributed by atoms with E-state index in [1.165, 1.54) is 11.8 Å². The van der Waals surface area contributed by atoms with E-state index in [0.717, 1.165) is 41.4 Å². The highest BCUT2D eigenvalue weighted by molar-refractivity contribution is 8.01. The summed E-state index contributed by atoms with van der Waals surface area (Å²) < 4.78 is 3.51. The topological polar surface area (TPSA) is 82.3 Å². The average Bonchev–Trinajstić information content (AvgIpc) is 2.74. The molecule has 0 aromatic heterocycles. The molecule has 0 radical (unpaired) electrons. The molecule has 1 unspecified atom stereocenters. The van der Waals surface area contributed by atoms with Gasteiger partial charge in [0.25, 0.3) is 5.91 Å². The minimum Gasteiger partial charge on any atom is -0.324 e. The van der Waals surface area contributed by atoms with Crippen LogP contribution in [0, 0.1) is 0 Å². The van der Waals surface area contributed by atoms with Gasteiger partial charge in [0.2, 0.25) is 5.91 Å². The van der Waals surface area contributed by atoms with E-state index in [-0.39, 0.29) is 17.1 Å². The normalized spacial score (nSPS) is 19.3. The third kappa shape index (κ3) is 5.14. The molecule has 0 spiro atoms. The van der Waals surface area contributed by atoms with Gasteiger partial charge in [-0.25, -0.2) is 0 Å². The van der Waals surface area contributed by atoms with Crippen molar-refractivity contribution >= 4 is 46.9 Å². The van der Waals surface area contributed by atoms with E-state index in [4.69, 9.17) is 0 Å². The molecule has 0 aliphatic carbocycles. The molecule has 1 fully saturated rings. The van der Waals surface area contributed by atoms with Crippen molar-refractivity contribution < 1.29 is 9.59 Å². The Balaban J connectivity index is 1.39. The summed E-state index contributed by atoms with van der Waals surface area (Å²) in [5, 5.41) is 9.06. The van der Waals surface area contributed by atoms with Gasteiger partial charge in [0, 0.05) is 27.1 Å². The fourth-order valence-corrected chi connectivity index (χ4v) is 5.08. The fraction of sp³-hybridized carbons (Fsp3) is 0.333. The van der Waals surface area contributed by atoms with Crippen LogP contribution in [0.15, 0.2) is 52.3 Å². The molecule has 2 aliphatic rings. The van der Waals surface area contributed by atoms with Gasteiger partial charge in [-0.15, -0.1) is 11.8 Å². The first kappa shape index (κ1) is 20.3. The lowest BCUT2D eigenvalue weighted by molar-refractivity contribution is -0.115. The number of amides is 2. The van der Waals surface area contributed by atoms with Crippen molar-refractivity contribution in [3.63, 3.8) is 0 Å². The SMILES string of the molecule is CC1Sc2ccc(C(=O)Nc3cccc(SNC4CCNCC4)c3)cc2NC1=O. The molecule has 2 aromatic rings. The third-order valence-corrected chi connectivity index (χ3v) is 7.07. The molecule has 4 rings (SSSR count). The Labute approximate surface area is 179 Å². The van der Waals surface area contributed by atoms with Gasteiger partial charge in [-0.3, -0.25) is 14.3 Å². The van der Waals surface area contributed by atoms with Gasteiger partial charge in [-0.2, -0.15) is 0 Å². The zero-order valence-electron chi connectivity index (χ0n) is 16.2. The number of anilines is 2. The van der Waals surface area contributed by atoms with Crippen LogP contribution in [0.25, 0.3) is 0 Å². The van der Waals surface area contributed by atoms with Crippen molar-refractivity contribution in [2.45, 2.75) is 40.8 Å². The molecule has 1 saturated heterocycles. The van der Waals surface area contributed by atoms with Crippen LogP contribution < -0.4 is 20.7 Å². The lowest BCUT2D eigenvalue weighted by atomic mass is 10.1. The van der Waals surface area contributed by atoms with Crippen LogP contribution in [0.1, 0.15) is 30.1 Å². The molecule has 1 atom stereocenters. The summed E-state index contributed by atoms with van der Waals surface area (Å²) >= 11 is 3.11. The van der Waals surface area contributed by atoms with Gasteiger partial charge in [0.05, 0.1) is 10.9 Å². The maximum Gasteiger partial charge on any atom is 0.255 e. The number of hydrogen-bond acceptors (Lipinski definition) is 6. The Morgan fingerprint density at radius 2 is 2.00 bits per heavy atom. The van der Waals surface area contributed by atoms with Crippen LogP contribution in [0.2, 0.25) is 0 Å². The van der Waals surface area contributed by atoms with E-state index < -0.39 is 0 Å². The van der Waals surface area contributed by atoms with Gasteiger partial charge in [0.1, 0.15) is 0 Å². The second kappa shape index (κ2) is 9.21. The van der Waals surface area contributed by atoms with Gasteiger partial charge in [-0.1, -0.05) is 6.07 Å². The predicted octanol–water partition coefficient (Wildman–Crippen LogP) is 3.72. The number of rotatable bonds is 5.